The lowest BCUT2D eigenvalue weighted by Gasteiger charge is -2.38. The molecule has 1 aromatic carbocycles. The van der Waals surface area contributed by atoms with E-state index in [9.17, 15) is 13.2 Å². The van der Waals surface area contributed by atoms with E-state index in [0.29, 0.717) is 26.2 Å². The average molecular weight is 438 g/mol. The van der Waals surface area contributed by atoms with Gasteiger partial charge < -0.3 is 15.1 Å². The van der Waals surface area contributed by atoms with Crippen molar-refractivity contribution in [2.75, 3.05) is 57.5 Å². The molecule has 1 aromatic rings. The Kier molecular flexibility index (Phi) is 7.26. The number of benzene rings is 1. The van der Waals surface area contributed by atoms with Crippen molar-refractivity contribution in [1.29, 1.82) is 0 Å². The summed E-state index contributed by atoms with van der Waals surface area (Å²) in [4.78, 5) is 16.4. The van der Waals surface area contributed by atoms with Gasteiger partial charge in [0.2, 0.25) is 0 Å². The number of nitrogens with one attached hydrogen (secondary N) is 1. The fraction of sp³-hybridized carbons (Fsp3) is 0.667. The first kappa shape index (κ1) is 22.8. The molecule has 2 fully saturated rings. The summed E-state index contributed by atoms with van der Waals surface area (Å²) >= 11 is 0. The summed E-state index contributed by atoms with van der Waals surface area (Å²) in [6.45, 7) is 3.39. The molecule has 1 heterocycles. The smallest absolute Gasteiger partial charge is 0.321 e. The minimum absolute atomic E-state index is 0.0955. The highest BCUT2D eigenvalue weighted by Gasteiger charge is 2.35. The molecule has 2 amide bonds. The number of carbonyl (C=O) groups excluding carboxylic acids is 1. The number of piperazine rings is 1. The highest BCUT2D eigenvalue weighted by molar-refractivity contribution is 7.86. The second kappa shape index (κ2) is 9.53. The van der Waals surface area contributed by atoms with Crippen LogP contribution in [0.25, 0.3) is 0 Å². The monoisotopic (exact) mass is 437 g/mol. The Morgan fingerprint density at radius 2 is 1.67 bits per heavy atom. The minimum atomic E-state index is -3.49. The molecule has 0 radical (unpaired) electrons. The molecule has 9 heteroatoms. The molecular formula is C21H35N5O3S. The normalized spacial score (nSPS) is 19.2. The second-order valence-corrected chi connectivity index (χ2v) is 10.5. The molecule has 0 bridgehead atoms. The SMILES string of the molecule is Cc1cc(N(C)C)ccc1NC(=O)N1CCN(S(=O)(=O)N(C)C2CCCCC2)CC1. The molecule has 0 unspecified atom stereocenters. The highest BCUT2D eigenvalue weighted by Crippen LogP contribution is 2.25. The van der Waals surface area contributed by atoms with Gasteiger partial charge in [0.05, 0.1) is 0 Å². The van der Waals surface area contributed by atoms with Gasteiger partial charge in [-0.05, 0) is 43.5 Å². The van der Waals surface area contributed by atoms with Crippen molar-refractivity contribution < 1.29 is 13.2 Å². The first-order valence-corrected chi connectivity index (χ1v) is 12.2. The molecule has 3 rings (SSSR count). The Balaban J connectivity index is 1.56. The topological polar surface area (TPSA) is 76.2 Å². The van der Waals surface area contributed by atoms with E-state index in [4.69, 9.17) is 0 Å². The summed E-state index contributed by atoms with van der Waals surface area (Å²) < 4.78 is 29.1. The van der Waals surface area contributed by atoms with Gasteiger partial charge in [-0.25, -0.2) is 4.79 Å². The first-order valence-electron chi connectivity index (χ1n) is 10.8. The van der Waals surface area contributed by atoms with Gasteiger partial charge >= 0.3 is 6.03 Å². The molecule has 1 aliphatic heterocycles. The summed E-state index contributed by atoms with van der Waals surface area (Å²) in [7, 11) is 2.17. The quantitative estimate of drug-likeness (QED) is 0.769. The molecule has 30 heavy (non-hydrogen) atoms. The van der Waals surface area contributed by atoms with Gasteiger partial charge in [0.15, 0.2) is 0 Å². The average Bonchev–Trinajstić information content (AvgIpc) is 2.75. The Morgan fingerprint density at radius 1 is 1.03 bits per heavy atom. The molecular weight excluding hydrogens is 402 g/mol. The van der Waals surface area contributed by atoms with E-state index < -0.39 is 10.2 Å². The van der Waals surface area contributed by atoms with Crippen LogP contribution in [-0.4, -0.2) is 81.3 Å². The molecule has 1 saturated carbocycles. The van der Waals surface area contributed by atoms with Crippen molar-refractivity contribution in [3.63, 3.8) is 0 Å². The van der Waals surface area contributed by atoms with Gasteiger partial charge in [0, 0.05) is 64.7 Å². The Morgan fingerprint density at radius 3 is 2.23 bits per heavy atom. The molecule has 168 valence electrons. The predicted octanol–water partition coefficient (Wildman–Crippen LogP) is 2.72. The van der Waals surface area contributed by atoms with E-state index >= 15 is 0 Å². The third-order valence-electron chi connectivity index (χ3n) is 6.27. The van der Waals surface area contributed by atoms with Crippen LogP contribution < -0.4 is 10.2 Å². The number of nitrogens with zero attached hydrogens (tertiary/aromatic N) is 4. The lowest BCUT2D eigenvalue weighted by Crippen LogP contribution is -2.55. The lowest BCUT2D eigenvalue weighted by atomic mass is 9.96. The summed E-state index contributed by atoms with van der Waals surface area (Å²) in [5, 5.41) is 2.96. The lowest BCUT2D eigenvalue weighted by molar-refractivity contribution is 0.178. The maximum absolute atomic E-state index is 13.0. The summed E-state index contributed by atoms with van der Waals surface area (Å²) in [5.41, 5.74) is 2.84. The third-order valence-corrected chi connectivity index (χ3v) is 8.32. The number of hydrogen-bond donors (Lipinski definition) is 1. The Labute approximate surface area is 181 Å². The van der Waals surface area contributed by atoms with E-state index in [1.165, 1.54) is 10.7 Å². The van der Waals surface area contributed by atoms with E-state index in [1.807, 2.05) is 44.1 Å². The molecule has 1 aliphatic carbocycles. The zero-order valence-corrected chi connectivity index (χ0v) is 19.4. The van der Waals surface area contributed by atoms with E-state index in [-0.39, 0.29) is 12.1 Å². The molecule has 0 atom stereocenters. The van der Waals surface area contributed by atoms with Crippen molar-refractivity contribution in [2.24, 2.45) is 0 Å². The molecule has 1 saturated heterocycles. The van der Waals surface area contributed by atoms with Crippen LogP contribution in [0.2, 0.25) is 0 Å². The van der Waals surface area contributed by atoms with Crippen LogP contribution in [0.3, 0.4) is 0 Å². The molecule has 0 aromatic heterocycles. The molecule has 0 spiro atoms. The number of rotatable bonds is 5. The number of aryl methyl sites for hydroxylation is 1. The summed E-state index contributed by atoms with van der Waals surface area (Å²) in [6.07, 6.45) is 5.24. The van der Waals surface area contributed by atoms with Crippen molar-refractivity contribution >= 4 is 27.6 Å². The van der Waals surface area contributed by atoms with Gasteiger partial charge in [0.1, 0.15) is 0 Å². The van der Waals surface area contributed by atoms with Crippen molar-refractivity contribution in [3.05, 3.63) is 23.8 Å². The predicted molar refractivity (Wildman–Crippen MR) is 121 cm³/mol. The summed E-state index contributed by atoms with van der Waals surface area (Å²) in [5.74, 6) is 0. The van der Waals surface area contributed by atoms with Crippen LogP contribution in [0.1, 0.15) is 37.7 Å². The van der Waals surface area contributed by atoms with E-state index in [1.54, 1.807) is 16.3 Å². The highest BCUT2D eigenvalue weighted by atomic mass is 32.2. The number of carbonyl (C=O) groups is 1. The third kappa shape index (κ3) is 5.07. The van der Waals surface area contributed by atoms with Crippen LogP contribution in [0.15, 0.2) is 18.2 Å². The van der Waals surface area contributed by atoms with Gasteiger partial charge in [-0.3, -0.25) is 0 Å². The van der Waals surface area contributed by atoms with Gasteiger partial charge in [-0.15, -0.1) is 0 Å². The Bertz CT molecular complexity index is 844. The number of anilines is 2. The largest absolute Gasteiger partial charge is 0.378 e. The fourth-order valence-corrected chi connectivity index (χ4v) is 5.77. The fourth-order valence-electron chi connectivity index (χ4n) is 4.20. The zero-order chi connectivity index (χ0) is 21.9. The van der Waals surface area contributed by atoms with Crippen LogP contribution >= 0.6 is 0 Å². The van der Waals surface area contributed by atoms with E-state index in [2.05, 4.69) is 5.32 Å². The minimum Gasteiger partial charge on any atom is -0.378 e. The number of hydrogen-bond acceptors (Lipinski definition) is 4. The van der Waals surface area contributed by atoms with Gasteiger partial charge in [-0.2, -0.15) is 17.0 Å². The van der Waals surface area contributed by atoms with Crippen molar-refractivity contribution in [3.8, 4) is 0 Å². The number of amides is 2. The van der Waals surface area contributed by atoms with Gasteiger partial charge in [-0.1, -0.05) is 19.3 Å². The zero-order valence-electron chi connectivity index (χ0n) is 18.6. The van der Waals surface area contributed by atoms with E-state index in [0.717, 1.165) is 42.6 Å². The first-order chi connectivity index (χ1) is 14.2. The molecule has 8 nitrogen and oxygen atoms in total. The standard InChI is InChI=1S/C21H35N5O3S/c1-17-16-19(23(2)3)10-11-20(17)22-21(27)25-12-14-26(15-13-25)30(28,29)24(4)18-8-6-5-7-9-18/h10-11,16,18H,5-9,12-15H2,1-4H3,(H,22,27). The second-order valence-electron chi connectivity index (χ2n) is 8.53. The number of urea groups is 1. The molecule has 2 aliphatic rings. The van der Waals surface area contributed by atoms with Crippen LogP contribution in [0, 0.1) is 6.92 Å². The van der Waals surface area contributed by atoms with Crippen molar-refractivity contribution in [2.45, 2.75) is 45.1 Å². The molecule has 1 N–H and O–H groups in total. The Hall–Kier alpha value is -1.84. The maximum atomic E-state index is 13.0. The maximum Gasteiger partial charge on any atom is 0.321 e. The van der Waals surface area contributed by atoms with Crippen LogP contribution in [0.4, 0.5) is 16.2 Å². The summed E-state index contributed by atoms with van der Waals surface area (Å²) in [6, 6.07) is 5.81. The van der Waals surface area contributed by atoms with Crippen molar-refractivity contribution in [1.82, 2.24) is 13.5 Å². The van der Waals surface area contributed by atoms with Crippen LogP contribution in [0.5, 0.6) is 0 Å². The van der Waals surface area contributed by atoms with Crippen LogP contribution in [-0.2, 0) is 10.2 Å². The van der Waals surface area contributed by atoms with Gasteiger partial charge in [0.25, 0.3) is 10.2 Å².